The van der Waals surface area contributed by atoms with Crippen molar-refractivity contribution in [2.24, 2.45) is 0 Å². The van der Waals surface area contributed by atoms with E-state index < -0.39 is 0 Å². The lowest BCUT2D eigenvalue weighted by Gasteiger charge is -2.27. The number of hydrogen-bond acceptors (Lipinski definition) is 5. The molecule has 114 valence electrons. The standard InChI is InChI=1S/C16H16N2O4/c1-21-14-6-11-10(9-4-3-5-17-16(9)22-2)7-15(20)18-12(11)8-13(14)19/h3-6,8,10,19H,7H2,1-2H3,(H,18,20)/t10-/m0/s1. The van der Waals surface area contributed by atoms with Crippen LogP contribution in [-0.4, -0.2) is 30.2 Å². The smallest absolute Gasteiger partial charge is 0.225 e. The van der Waals surface area contributed by atoms with Crippen molar-refractivity contribution in [3.05, 3.63) is 41.6 Å². The van der Waals surface area contributed by atoms with Gasteiger partial charge in [0, 0.05) is 35.9 Å². The summed E-state index contributed by atoms with van der Waals surface area (Å²) in [6, 6.07) is 6.93. The Bertz CT molecular complexity index is 730. The van der Waals surface area contributed by atoms with E-state index in [0.717, 1.165) is 11.1 Å². The fourth-order valence-electron chi connectivity index (χ4n) is 2.76. The number of ether oxygens (including phenoxy) is 2. The van der Waals surface area contributed by atoms with Gasteiger partial charge in [0.05, 0.1) is 14.2 Å². The number of methoxy groups -OCH3 is 2. The Balaban J connectivity index is 2.16. The molecule has 0 spiro atoms. The molecule has 1 aromatic carbocycles. The Morgan fingerprint density at radius 2 is 2.09 bits per heavy atom. The summed E-state index contributed by atoms with van der Waals surface area (Å²) < 4.78 is 10.5. The van der Waals surface area contributed by atoms with Crippen molar-refractivity contribution in [3.8, 4) is 17.4 Å². The van der Waals surface area contributed by atoms with Gasteiger partial charge in [0.15, 0.2) is 11.5 Å². The molecule has 0 saturated heterocycles. The summed E-state index contributed by atoms with van der Waals surface area (Å²) in [4.78, 5) is 16.2. The molecule has 3 rings (SSSR count). The molecule has 2 N–H and O–H groups in total. The first-order valence-corrected chi connectivity index (χ1v) is 6.83. The molecular formula is C16H16N2O4. The molecule has 2 aromatic rings. The van der Waals surface area contributed by atoms with E-state index in [1.165, 1.54) is 13.2 Å². The van der Waals surface area contributed by atoms with E-state index in [-0.39, 0.29) is 24.0 Å². The Hall–Kier alpha value is -2.76. The number of rotatable bonds is 3. The molecule has 1 aliphatic heterocycles. The number of carbonyl (C=O) groups is 1. The van der Waals surface area contributed by atoms with Crippen LogP contribution >= 0.6 is 0 Å². The molecule has 0 radical (unpaired) electrons. The quantitative estimate of drug-likeness (QED) is 0.909. The van der Waals surface area contributed by atoms with E-state index in [4.69, 9.17) is 9.47 Å². The van der Waals surface area contributed by atoms with Crippen LogP contribution in [0.15, 0.2) is 30.5 Å². The Labute approximate surface area is 127 Å². The lowest BCUT2D eigenvalue weighted by molar-refractivity contribution is -0.116. The van der Waals surface area contributed by atoms with Crippen LogP contribution in [0.5, 0.6) is 17.4 Å². The Kier molecular flexibility index (Phi) is 3.58. The number of amides is 1. The summed E-state index contributed by atoms with van der Waals surface area (Å²) in [5.74, 6) is 0.512. The van der Waals surface area contributed by atoms with Gasteiger partial charge < -0.3 is 19.9 Å². The van der Waals surface area contributed by atoms with Crippen molar-refractivity contribution in [2.75, 3.05) is 19.5 Å². The highest BCUT2D eigenvalue weighted by Crippen LogP contribution is 2.44. The van der Waals surface area contributed by atoms with E-state index in [1.807, 2.05) is 12.1 Å². The zero-order valence-electron chi connectivity index (χ0n) is 12.3. The van der Waals surface area contributed by atoms with Crippen molar-refractivity contribution in [2.45, 2.75) is 12.3 Å². The molecule has 6 nitrogen and oxygen atoms in total. The minimum Gasteiger partial charge on any atom is -0.504 e. The van der Waals surface area contributed by atoms with Crippen LogP contribution in [0, 0.1) is 0 Å². The molecule has 0 saturated carbocycles. The lowest BCUT2D eigenvalue weighted by Crippen LogP contribution is -2.24. The normalized spacial score (nSPS) is 16.6. The second-order valence-electron chi connectivity index (χ2n) is 5.02. The van der Waals surface area contributed by atoms with E-state index in [0.29, 0.717) is 17.3 Å². The second kappa shape index (κ2) is 5.55. The number of phenolic OH excluding ortho intramolecular Hbond substituents is 1. The molecule has 1 atom stereocenters. The summed E-state index contributed by atoms with van der Waals surface area (Å²) in [6.07, 6.45) is 1.92. The maximum atomic E-state index is 12.0. The third kappa shape index (κ3) is 2.32. The van der Waals surface area contributed by atoms with Gasteiger partial charge in [-0.05, 0) is 17.7 Å². The van der Waals surface area contributed by atoms with Gasteiger partial charge in [-0.15, -0.1) is 0 Å². The van der Waals surface area contributed by atoms with E-state index in [2.05, 4.69) is 10.3 Å². The van der Waals surface area contributed by atoms with Crippen LogP contribution < -0.4 is 14.8 Å². The first-order valence-electron chi connectivity index (χ1n) is 6.83. The van der Waals surface area contributed by atoms with Crippen molar-refractivity contribution >= 4 is 11.6 Å². The summed E-state index contributed by atoms with van der Waals surface area (Å²) in [5, 5.41) is 12.7. The molecule has 1 aliphatic rings. The van der Waals surface area contributed by atoms with Crippen LogP contribution in [0.25, 0.3) is 0 Å². The molecule has 22 heavy (non-hydrogen) atoms. The van der Waals surface area contributed by atoms with Gasteiger partial charge >= 0.3 is 0 Å². The Morgan fingerprint density at radius 3 is 2.82 bits per heavy atom. The maximum absolute atomic E-state index is 12.0. The van der Waals surface area contributed by atoms with Gasteiger partial charge in [-0.1, -0.05) is 6.07 Å². The molecule has 6 heteroatoms. The second-order valence-corrected chi connectivity index (χ2v) is 5.02. The highest BCUT2D eigenvalue weighted by atomic mass is 16.5. The molecule has 1 amide bonds. The van der Waals surface area contributed by atoms with Crippen molar-refractivity contribution < 1.29 is 19.4 Å². The van der Waals surface area contributed by atoms with Crippen molar-refractivity contribution in [1.82, 2.24) is 4.98 Å². The molecule has 0 bridgehead atoms. The summed E-state index contributed by atoms with van der Waals surface area (Å²) in [5.41, 5.74) is 2.26. The number of benzene rings is 1. The van der Waals surface area contributed by atoms with Crippen LogP contribution in [0.1, 0.15) is 23.5 Å². The van der Waals surface area contributed by atoms with E-state index in [9.17, 15) is 9.90 Å². The zero-order chi connectivity index (χ0) is 15.7. The summed E-state index contributed by atoms with van der Waals surface area (Å²) in [6.45, 7) is 0. The minimum atomic E-state index is -0.207. The number of carbonyl (C=O) groups excluding carboxylic acids is 1. The third-order valence-corrected chi connectivity index (χ3v) is 3.76. The number of phenols is 1. The molecule has 0 unspecified atom stereocenters. The number of nitrogens with one attached hydrogen (secondary N) is 1. The van der Waals surface area contributed by atoms with Crippen LogP contribution in [0.3, 0.4) is 0 Å². The van der Waals surface area contributed by atoms with Gasteiger partial charge in [0.2, 0.25) is 11.8 Å². The number of fused-ring (bicyclic) bond motifs is 1. The predicted molar refractivity (Wildman–Crippen MR) is 80.5 cm³/mol. The number of pyridine rings is 1. The molecule has 0 fully saturated rings. The van der Waals surface area contributed by atoms with Crippen molar-refractivity contribution in [1.29, 1.82) is 0 Å². The highest BCUT2D eigenvalue weighted by molar-refractivity contribution is 5.96. The first kappa shape index (κ1) is 14.2. The number of hydrogen-bond donors (Lipinski definition) is 2. The van der Waals surface area contributed by atoms with Gasteiger partial charge in [-0.25, -0.2) is 4.98 Å². The SMILES string of the molecule is COc1cc2c(cc1O)NC(=O)C[C@H]2c1cccnc1OC. The molecule has 2 heterocycles. The van der Waals surface area contributed by atoms with E-state index >= 15 is 0 Å². The van der Waals surface area contributed by atoms with Gasteiger partial charge in [-0.3, -0.25) is 4.79 Å². The summed E-state index contributed by atoms with van der Waals surface area (Å²) in [7, 11) is 3.04. The highest BCUT2D eigenvalue weighted by Gasteiger charge is 2.30. The Morgan fingerprint density at radius 1 is 1.27 bits per heavy atom. The number of nitrogens with zero attached hydrogens (tertiary/aromatic N) is 1. The number of anilines is 1. The average Bonchev–Trinajstić information content (AvgIpc) is 2.53. The van der Waals surface area contributed by atoms with Crippen molar-refractivity contribution in [3.63, 3.8) is 0 Å². The fraction of sp³-hybridized carbons (Fsp3) is 0.250. The van der Waals surface area contributed by atoms with Gasteiger partial charge in [-0.2, -0.15) is 0 Å². The van der Waals surface area contributed by atoms with Gasteiger partial charge in [0.25, 0.3) is 0 Å². The zero-order valence-corrected chi connectivity index (χ0v) is 12.3. The van der Waals surface area contributed by atoms with E-state index in [1.54, 1.807) is 19.4 Å². The predicted octanol–water partition coefficient (Wildman–Crippen LogP) is 2.28. The van der Waals surface area contributed by atoms with Gasteiger partial charge in [0.1, 0.15) is 0 Å². The van der Waals surface area contributed by atoms with Crippen LogP contribution in [0.2, 0.25) is 0 Å². The molecular weight excluding hydrogens is 284 g/mol. The third-order valence-electron chi connectivity index (χ3n) is 3.76. The van der Waals surface area contributed by atoms with Crippen LogP contribution in [0.4, 0.5) is 5.69 Å². The molecule has 0 aliphatic carbocycles. The number of aromatic nitrogens is 1. The minimum absolute atomic E-state index is 0.0136. The lowest BCUT2D eigenvalue weighted by atomic mass is 9.85. The molecule has 1 aromatic heterocycles. The summed E-state index contributed by atoms with van der Waals surface area (Å²) >= 11 is 0. The topological polar surface area (TPSA) is 80.7 Å². The fourth-order valence-corrected chi connectivity index (χ4v) is 2.76. The first-order chi connectivity index (χ1) is 10.6. The average molecular weight is 300 g/mol. The monoisotopic (exact) mass is 300 g/mol. The van der Waals surface area contributed by atoms with Crippen LogP contribution in [-0.2, 0) is 4.79 Å². The number of aromatic hydroxyl groups is 1. The largest absolute Gasteiger partial charge is 0.504 e. The maximum Gasteiger partial charge on any atom is 0.225 e.